The molecular weight excluding hydrogens is 332 g/mol. The first-order valence-corrected chi connectivity index (χ1v) is 8.68. The number of nitrogens with one attached hydrogen (secondary N) is 1. The molecule has 3 heterocycles. The van der Waals surface area contributed by atoms with Gasteiger partial charge in [-0.25, -0.2) is 9.78 Å². The van der Waals surface area contributed by atoms with Crippen LogP contribution in [0, 0.1) is 0 Å². The fraction of sp³-hybridized carbons (Fsp3) is 0.421. The van der Waals surface area contributed by atoms with Crippen molar-refractivity contribution in [2.75, 3.05) is 25.6 Å². The van der Waals surface area contributed by atoms with Gasteiger partial charge in [0.2, 0.25) is 5.91 Å². The molecule has 0 spiro atoms. The number of H-pyrrole nitrogens is 1. The van der Waals surface area contributed by atoms with Gasteiger partial charge in [0.25, 0.3) is 0 Å². The summed E-state index contributed by atoms with van der Waals surface area (Å²) in [7, 11) is 3.31. The molecule has 0 bridgehead atoms. The van der Waals surface area contributed by atoms with Crippen LogP contribution in [0.2, 0.25) is 0 Å². The molecular formula is C19H24N4O3. The molecule has 7 nitrogen and oxygen atoms in total. The molecule has 1 amide bonds. The van der Waals surface area contributed by atoms with Gasteiger partial charge in [-0.1, -0.05) is 6.58 Å². The lowest BCUT2D eigenvalue weighted by Gasteiger charge is -2.42. The standard InChI is InChI=1S/C19H24N4O3/c1-5-16(24)23-11-13(7-6-12(23)2)22(3)17-14-8-9-20-18(14)21-10-15(17)19(25)26-4/h5,8-10,12-13H,1,6-7,11H2,2-4H3,(H,20,21). The van der Waals surface area contributed by atoms with E-state index >= 15 is 0 Å². The Bertz CT molecular complexity index is 844. The summed E-state index contributed by atoms with van der Waals surface area (Å²) in [5.74, 6) is -0.490. The van der Waals surface area contributed by atoms with E-state index in [9.17, 15) is 9.59 Å². The molecule has 0 aromatic carbocycles. The van der Waals surface area contributed by atoms with Crippen LogP contribution >= 0.6 is 0 Å². The molecule has 2 unspecified atom stereocenters. The summed E-state index contributed by atoms with van der Waals surface area (Å²) in [4.78, 5) is 35.7. The summed E-state index contributed by atoms with van der Waals surface area (Å²) in [5.41, 5.74) is 1.90. The minimum absolute atomic E-state index is 0.0645. The van der Waals surface area contributed by atoms with Crippen molar-refractivity contribution < 1.29 is 14.3 Å². The number of likely N-dealkylation sites (tertiary alicyclic amines) is 1. The average Bonchev–Trinajstić information content (AvgIpc) is 3.14. The number of hydrogen-bond donors (Lipinski definition) is 1. The summed E-state index contributed by atoms with van der Waals surface area (Å²) in [6, 6.07) is 2.16. The van der Waals surface area contributed by atoms with Crippen LogP contribution in [0.1, 0.15) is 30.1 Å². The maximum absolute atomic E-state index is 12.3. The molecule has 1 aliphatic heterocycles. The lowest BCUT2D eigenvalue weighted by molar-refractivity contribution is -0.129. The number of aromatic nitrogens is 2. The van der Waals surface area contributed by atoms with E-state index in [1.165, 1.54) is 19.4 Å². The van der Waals surface area contributed by atoms with Gasteiger partial charge in [-0.3, -0.25) is 4.79 Å². The second kappa shape index (κ2) is 7.19. The zero-order chi connectivity index (χ0) is 18.8. The van der Waals surface area contributed by atoms with E-state index in [1.54, 1.807) is 6.20 Å². The Morgan fingerprint density at radius 3 is 2.92 bits per heavy atom. The number of anilines is 1. The van der Waals surface area contributed by atoms with Crippen molar-refractivity contribution in [1.82, 2.24) is 14.9 Å². The minimum Gasteiger partial charge on any atom is -0.465 e. The molecule has 1 N–H and O–H groups in total. The van der Waals surface area contributed by atoms with E-state index in [-0.39, 0.29) is 18.0 Å². The van der Waals surface area contributed by atoms with E-state index in [0.29, 0.717) is 17.8 Å². The first kappa shape index (κ1) is 18.0. The number of rotatable bonds is 4. The highest BCUT2D eigenvalue weighted by molar-refractivity contribution is 6.04. The van der Waals surface area contributed by atoms with Crippen LogP contribution in [0.3, 0.4) is 0 Å². The number of carbonyl (C=O) groups is 2. The number of ether oxygens (including phenoxy) is 1. The van der Waals surface area contributed by atoms with E-state index in [4.69, 9.17) is 4.74 Å². The van der Waals surface area contributed by atoms with Crippen LogP contribution in [0.25, 0.3) is 11.0 Å². The van der Waals surface area contributed by atoms with Crippen molar-refractivity contribution >= 4 is 28.6 Å². The zero-order valence-electron chi connectivity index (χ0n) is 15.4. The van der Waals surface area contributed by atoms with Gasteiger partial charge in [-0.2, -0.15) is 0 Å². The summed E-state index contributed by atoms with van der Waals surface area (Å²) < 4.78 is 4.94. The SMILES string of the molecule is C=CC(=O)N1CC(N(C)c2c(C(=O)OC)cnc3[nH]ccc23)CCC1C. The highest BCUT2D eigenvalue weighted by Gasteiger charge is 2.32. The smallest absolute Gasteiger partial charge is 0.341 e. The number of esters is 1. The predicted octanol–water partition coefficient (Wildman–Crippen LogP) is 2.35. The third-order valence-corrected chi connectivity index (χ3v) is 5.18. The van der Waals surface area contributed by atoms with Gasteiger partial charge >= 0.3 is 5.97 Å². The number of fused-ring (bicyclic) bond motifs is 1. The molecule has 7 heteroatoms. The third kappa shape index (κ3) is 3.05. The first-order valence-electron chi connectivity index (χ1n) is 8.68. The Morgan fingerprint density at radius 2 is 2.23 bits per heavy atom. The minimum atomic E-state index is -0.425. The van der Waals surface area contributed by atoms with Crippen molar-refractivity contribution in [2.45, 2.75) is 31.8 Å². The van der Waals surface area contributed by atoms with Crippen LogP contribution < -0.4 is 4.90 Å². The molecule has 0 saturated carbocycles. The van der Waals surface area contributed by atoms with Crippen molar-refractivity contribution in [1.29, 1.82) is 0 Å². The number of nitrogens with zero attached hydrogens (tertiary/aromatic N) is 3. The van der Waals surface area contributed by atoms with Crippen molar-refractivity contribution in [3.63, 3.8) is 0 Å². The van der Waals surface area contributed by atoms with Gasteiger partial charge in [0.05, 0.1) is 12.8 Å². The Kier molecular flexibility index (Phi) is 4.97. The molecule has 3 rings (SSSR count). The number of likely N-dealkylation sites (N-methyl/N-ethyl adjacent to an activating group) is 1. The number of carbonyl (C=O) groups excluding carboxylic acids is 2. The van der Waals surface area contributed by atoms with Crippen LogP contribution in [0.4, 0.5) is 5.69 Å². The second-order valence-corrected chi connectivity index (χ2v) is 6.64. The quantitative estimate of drug-likeness (QED) is 0.672. The van der Waals surface area contributed by atoms with Gasteiger partial charge in [0.15, 0.2) is 0 Å². The molecule has 2 atom stereocenters. The normalized spacial score (nSPS) is 20.0. The summed E-state index contributed by atoms with van der Waals surface area (Å²) >= 11 is 0. The van der Waals surface area contributed by atoms with Crippen molar-refractivity contribution in [3.8, 4) is 0 Å². The summed E-state index contributed by atoms with van der Waals surface area (Å²) in [5, 5.41) is 0.857. The summed E-state index contributed by atoms with van der Waals surface area (Å²) in [6.07, 6.45) is 6.51. The fourth-order valence-corrected chi connectivity index (χ4v) is 3.64. The monoisotopic (exact) mass is 356 g/mol. The highest BCUT2D eigenvalue weighted by Crippen LogP contribution is 2.33. The Labute approximate surface area is 152 Å². The van der Waals surface area contributed by atoms with E-state index in [0.717, 1.165) is 23.9 Å². The molecule has 0 radical (unpaired) electrons. The van der Waals surface area contributed by atoms with Gasteiger partial charge in [-0.15, -0.1) is 0 Å². The number of pyridine rings is 1. The topological polar surface area (TPSA) is 78.5 Å². The lowest BCUT2D eigenvalue weighted by atomic mass is 9.97. The maximum Gasteiger partial charge on any atom is 0.341 e. The van der Waals surface area contributed by atoms with Crippen molar-refractivity contribution in [2.24, 2.45) is 0 Å². The number of methoxy groups -OCH3 is 1. The van der Waals surface area contributed by atoms with E-state index < -0.39 is 5.97 Å². The third-order valence-electron chi connectivity index (χ3n) is 5.18. The van der Waals surface area contributed by atoms with E-state index in [2.05, 4.69) is 21.4 Å². The van der Waals surface area contributed by atoms with E-state index in [1.807, 2.05) is 24.9 Å². The lowest BCUT2D eigenvalue weighted by Crippen LogP contribution is -2.52. The summed E-state index contributed by atoms with van der Waals surface area (Å²) in [6.45, 7) is 6.23. The van der Waals surface area contributed by atoms with Crippen LogP contribution in [0.5, 0.6) is 0 Å². The number of amides is 1. The molecule has 1 aliphatic rings. The Hall–Kier alpha value is -2.83. The van der Waals surface area contributed by atoms with Crippen molar-refractivity contribution in [3.05, 3.63) is 36.7 Å². The molecule has 0 aliphatic carbocycles. The van der Waals surface area contributed by atoms with Crippen LogP contribution in [-0.4, -0.2) is 59.5 Å². The molecule has 2 aromatic rings. The van der Waals surface area contributed by atoms with Gasteiger partial charge in [0, 0.05) is 43.5 Å². The molecule has 1 saturated heterocycles. The molecule has 138 valence electrons. The van der Waals surface area contributed by atoms with Crippen LogP contribution in [0.15, 0.2) is 31.1 Å². The van der Waals surface area contributed by atoms with Gasteiger partial charge < -0.3 is 19.5 Å². The fourth-order valence-electron chi connectivity index (χ4n) is 3.64. The number of aromatic amines is 1. The number of piperidine rings is 1. The first-order chi connectivity index (χ1) is 12.5. The highest BCUT2D eigenvalue weighted by atomic mass is 16.5. The predicted molar refractivity (Wildman–Crippen MR) is 100 cm³/mol. The largest absolute Gasteiger partial charge is 0.465 e. The van der Waals surface area contributed by atoms with Gasteiger partial charge in [0.1, 0.15) is 11.2 Å². The number of hydrogen-bond acceptors (Lipinski definition) is 5. The second-order valence-electron chi connectivity index (χ2n) is 6.64. The maximum atomic E-state index is 12.3. The molecule has 1 fully saturated rings. The van der Waals surface area contributed by atoms with Gasteiger partial charge in [-0.05, 0) is 31.9 Å². The Morgan fingerprint density at radius 1 is 1.46 bits per heavy atom. The molecule has 2 aromatic heterocycles. The average molecular weight is 356 g/mol. The van der Waals surface area contributed by atoms with Crippen LogP contribution in [-0.2, 0) is 9.53 Å². The zero-order valence-corrected chi connectivity index (χ0v) is 15.4. The molecule has 26 heavy (non-hydrogen) atoms. The Balaban J connectivity index is 2.00.